The lowest BCUT2D eigenvalue weighted by Gasteiger charge is -2.31. The normalized spacial score (nSPS) is 14.2. The summed E-state index contributed by atoms with van der Waals surface area (Å²) in [6.45, 7) is 3.40. The number of aryl methyl sites for hydroxylation is 1. The zero-order chi connectivity index (χ0) is 22.4. The lowest BCUT2D eigenvalue weighted by Crippen LogP contribution is -2.44. The number of rotatable bonds is 4. The van der Waals surface area contributed by atoms with Crippen LogP contribution in [-0.2, 0) is 25.0 Å². The summed E-state index contributed by atoms with van der Waals surface area (Å²) in [6, 6.07) is 5.93. The van der Waals surface area contributed by atoms with Gasteiger partial charge in [-0.3, -0.25) is 4.79 Å². The Balaban J connectivity index is 0.000000858. The summed E-state index contributed by atoms with van der Waals surface area (Å²) in [6.07, 6.45) is 1.68. The smallest absolute Gasteiger partial charge is 0.317 e. The maximum absolute atomic E-state index is 12.5. The number of carboxylic acid groups (broad SMARTS) is 1. The van der Waals surface area contributed by atoms with Gasteiger partial charge >= 0.3 is 6.03 Å². The predicted octanol–water partition coefficient (Wildman–Crippen LogP) is 1.28. The molecular formula is C20H27N7O4. The largest absolute Gasteiger partial charge is 0.483 e. The lowest BCUT2D eigenvalue weighted by atomic mass is 9.96. The lowest BCUT2D eigenvalue weighted by molar-refractivity contribution is -0.122. The Bertz CT molecular complexity index is 1040. The third-order valence-electron chi connectivity index (χ3n) is 5.40. The highest BCUT2D eigenvalue weighted by Crippen LogP contribution is 2.26. The Kier molecular flexibility index (Phi) is 7.19. The molecule has 2 amide bonds. The van der Waals surface area contributed by atoms with E-state index in [9.17, 15) is 9.90 Å². The molecule has 4 rings (SSSR count). The maximum Gasteiger partial charge on any atom is 0.317 e. The van der Waals surface area contributed by atoms with Gasteiger partial charge in [-0.15, -0.1) is 10.2 Å². The van der Waals surface area contributed by atoms with E-state index >= 15 is 0 Å². The van der Waals surface area contributed by atoms with Gasteiger partial charge in [0.15, 0.2) is 5.82 Å². The molecule has 1 aromatic carbocycles. The van der Waals surface area contributed by atoms with Gasteiger partial charge in [-0.2, -0.15) is 0 Å². The van der Waals surface area contributed by atoms with E-state index in [2.05, 4.69) is 25.5 Å². The molecule has 1 saturated heterocycles. The second-order valence-electron chi connectivity index (χ2n) is 7.39. The van der Waals surface area contributed by atoms with Crippen molar-refractivity contribution >= 4 is 23.5 Å². The predicted molar refractivity (Wildman–Crippen MR) is 112 cm³/mol. The first-order valence-electron chi connectivity index (χ1n) is 10.0. The molecule has 0 bridgehead atoms. The number of carbonyl (C=O) groups excluding carboxylic acids is 1. The molecule has 3 heterocycles. The average Bonchev–Trinajstić information content (AvgIpc) is 3.33. The van der Waals surface area contributed by atoms with E-state index < -0.39 is 0 Å². The van der Waals surface area contributed by atoms with Crippen molar-refractivity contribution in [2.24, 2.45) is 7.05 Å². The minimum absolute atomic E-state index is 0.0478. The monoisotopic (exact) mass is 429 g/mol. The number of aromatic nitrogens is 5. The molecule has 11 nitrogen and oxygen atoms in total. The highest BCUT2D eigenvalue weighted by Gasteiger charge is 2.27. The van der Waals surface area contributed by atoms with E-state index in [0.717, 1.165) is 41.1 Å². The number of urea groups is 1. The minimum atomic E-state index is -0.250. The number of piperidine rings is 1. The molecule has 0 radical (unpaired) electrons. The van der Waals surface area contributed by atoms with Gasteiger partial charge in [0.05, 0.1) is 11.0 Å². The highest BCUT2D eigenvalue weighted by molar-refractivity contribution is 5.77. The molecule has 3 aromatic rings. The third kappa shape index (κ3) is 5.18. The van der Waals surface area contributed by atoms with Crippen LogP contribution in [0.4, 0.5) is 4.79 Å². The van der Waals surface area contributed by atoms with Crippen molar-refractivity contribution in [2.75, 3.05) is 13.1 Å². The van der Waals surface area contributed by atoms with Crippen LogP contribution in [0.2, 0.25) is 0 Å². The minimum Gasteiger partial charge on any atom is -0.483 e. The van der Waals surface area contributed by atoms with E-state index in [0.29, 0.717) is 25.5 Å². The van der Waals surface area contributed by atoms with Crippen molar-refractivity contribution in [1.29, 1.82) is 0 Å². The van der Waals surface area contributed by atoms with Gasteiger partial charge in [-0.25, -0.2) is 9.78 Å². The van der Waals surface area contributed by atoms with E-state index in [4.69, 9.17) is 9.90 Å². The van der Waals surface area contributed by atoms with E-state index in [1.54, 1.807) is 0 Å². The molecule has 1 aliphatic heterocycles. The van der Waals surface area contributed by atoms with E-state index in [1.807, 2.05) is 41.6 Å². The van der Waals surface area contributed by atoms with Crippen molar-refractivity contribution in [3.8, 4) is 0 Å². The molecule has 0 spiro atoms. The molecule has 166 valence electrons. The van der Waals surface area contributed by atoms with Crippen molar-refractivity contribution in [3.05, 3.63) is 41.2 Å². The fraction of sp³-hybridized carbons (Fsp3) is 0.450. The number of amides is 2. The van der Waals surface area contributed by atoms with Crippen LogP contribution in [0.15, 0.2) is 18.2 Å². The molecule has 0 aliphatic carbocycles. The van der Waals surface area contributed by atoms with Crippen LogP contribution >= 0.6 is 0 Å². The topological polar surface area (TPSA) is 149 Å². The number of aliphatic hydroxyl groups excluding tert-OH is 1. The number of nitrogens with zero attached hydrogens (tertiary/aromatic N) is 5. The molecule has 0 atom stereocenters. The second-order valence-corrected chi connectivity index (χ2v) is 7.39. The molecule has 31 heavy (non-hydrogen) atoms. The van der Waals surface area contributed by atoms with Crippen LogP contribution in [0.3, 0.4) is 0 Å². The zero-order valence-electron chi connectivity index (χ0n) is 17.6. The number of fused-ring (bicyclic) bond motifs is 1. The van der Waals surface area contributed by atoms with Gasteiger partial charge in [-0.1, -0.05) is 6.07 Å². The van der Waals surface area contributed by atoms with Crippen LogP contribution in [0.1, 0.15) is 41.8 Å². The fourth-order valence-corrected chi connectivity index (χ4v) is 3.79. The summed E-state index contributed by atoms with van der Waals surface area (Å²) in [4.78, 5) is 30.3. The molecule has 0 saturated carbocycles. The van der Waals surface area contributed by atoms with Crippen molar-refractivity contribution in [1.82, 2.24) is 34.9 Å². The Labute approximate surface area is 179 Å². The van der Waals surface area contributed by atoms with Crippen molar-refractivity contribution in [2.45, 2.75) is 38.8 Å². The van der Waals surface area contributed by atoms with E-state index in [1.165, 1.54) is 0 Å². The van der Waals surface area contributed by atoms with Crippen LogP contribution in [0.5, 0.6) is 0 Å². The molecule has 1 aliphatic rings. The molecule has 4 N–H and O–H groups in total. The first kappa shape index (κ1) is 22.2. The van der Waals surface area contributed by atoms with Crippen LogP contribution < -0.4 is 5.32 Å². The summed E-state index contributed by atoms with van der Waals surface area (Å²) < 4.78 is 1.85. The van der Waals surface area contributed by atoms with Gasteiger partial charge < -0.3 is 30.0 Å². The second kappa shape index (κ2) is 10.0. The number of hydrogen-bond donors (Lipinski definition) is 4. The average molecular weight is 429 g/mol. The third-order valence-corrected chi connectivity index (χ3v) is 5.40. The summed E-state index contributed by atoms with van der Waals surface area (Å²) in [7, 11) is 1.87. The Hall–Kier alpha value is -3.47. The molecule has 0 unspecified atom stereocenters. The highest BCUT2D eigenvalue weighted by atomic mass is 16.3. The molecular weight excluding hydrogens is 402 g/mol. The standard InChI is InChI=1S/C19H25N7O2.CH2O2/c1-12-21-15-4-3-13(9-16(15)22-12)10-20-19(28)26-7-5-14(6-8-26)18-24-23-17(11-27)25(18)2;2-1-3/h3-4,9,14,27H,5-8,10-11H2,1-2H3,(H,20,28)(H,21,22);1H,(H,2,3). The first-order valence-corrected chi connectivity index (χ1v) is 10.0. The molecule has 1 fully saturated rings. The number of aromatic amines is 1. The van der Waals surface area contributed by atoms with Crippen LogP contribution in [0.25, 0.3) is 11.0 Å². The Morgan fingerprint density at radius 3 is 2.68 bits per heavy atom. The fourth-order valence-electron chi connectivity index (χ4n) is 3.79. The number of benzene rings is 1. The summed E-state index contributed by atoms with van der Waals surface area (Å²) >= 11 is 0. The number of imidazole rings is 1. The Morgan fingerprint density at radius 2 is 2.03 bits per heavy atom. The summed E-state index contributed by atoms with van der Waals surface area (Å²) in [5.74, 6) is 2.59. The SMILES string of the molecule is Cc1nc2ccc(CNC(=O)N3CCC(c4nnc(CO)n4C)CC3)cc2[nH]1.O=CO. The van der Waals surface area contributed by atoms with Gasteiger partial charge in [0.25, 0.3) is 6.47 Å². The van der Waals surface area contributed by atoms with Crippen molar-refractivity contribution in [3.63, 3.8) is 0 Å². The molecule has 11 heteroatoms. The number of aliphatic hydroxyl groups is 1. The summed E-state index contributed by atoms with van der Waals surface area (Å²) in [5, 5.41) is 27.4. The number of H-pyrrole nitrogens is 1. The Morgan fingerprint density at radius 1 is 1.32 bits per heavy atom. The zero-order valence-corrected chi connectivity index (χ0v) is 17.6. The van der Waals surface area contributed by atoms with Crippen molar-refractivity contribution < 1.29 is 19.8 Å². The molecule has 2 aromatic heterocycles. The number of likely N-dealkylation sites (tertiary alicyclic amines) is 1. The quantitative estimate of drug-likeness (QED) is 0.456. The van der Waals surface area contributed by atoms with Gasteiger partial charge in [0.1, 0.15) is 18.3 Å². The van der Waals surface area contributed by atoms with Gasteiger partial charge in [0.2, 0.25) is 0 Å². The first-order chi connectivity index (χ1) is 15.0. The number of hydrogen-bond acceptors (Lipinski definition) is 6. The maximum atomic E-state index is 12.5. The van der Waals surface area contributed by atoms with Crippen LogP contribution in [-0.4, -0.2) is 65.4 Å². The summed E-state index contributed by atoms with van der Waals surface area (Å²) in [5.41, 5.74) is 2.95. The number of nitrogens with one attached hydrogen (secondary N) is 2. The van der Waals surface area contributed by atoms with Gasteiger partial charge in [-0.05, 0) is 37.5 Å². The van der Waals surface area contributed by atoms with Crippen LogP contribution in [0, 0.1) is 6.92 Å². The van der Waals surface area contributed by atoms with Gasteiger partial charge in [0, 0.05) is 32.6 Å². The van der Waals surface area contributed by atoms with E-state index in [-0.39, 0.29) is 25.0 Å². The number of carbonyl (C=O) groups is 2.